The molecule has 244 valence electrons. The normalized spacial score (nSPS) is 13.7. The molecule has 1 aliphatic rings. The van der Waals surface area contributed by atoms with Gasteiger partial charge in [0, 0.05) is 62.6 Å². The van der Waals surface area contributed by atoms with Gasteiger partial charge in [-0.05, 0) is 40.8 Å². The number of anilines is 1. The van der Waals surface area contributed by atoms with Crippen LogP contribution in [0.1, 0.15) is 45.0 Å². The Morgan fingerprint density at radius 2 is 1.44 bits per heavy atom. The lowest BCUT2D eigenvalue weighted by Gasteiger charge is -2.35. The number of nitrogens with zero attached hydrogens (tertiary/aromatic N) is 4. The molecule has 0 aliphatic carbocycles. The van der Waals surface area contributed by atoms with Crippen molar-refractivity contribution in [3.05, 3.63) is 160 Å². The maximum Gasteiger partial charge on any atom is 0.251 e. The van der Waals surface area contributed by atoms with E-state index in [9.17, 15) is 4.79 Å². The zero-order chi connectivity index (χ0) is 33.0. The molecule has 48 heavy (non-hydrogen) atoms. The highest BCUT2D eigenvalue weighted by atomic mass is 35.5. The quantitative estimate of drug-likeness (QED) is 0.0772. The Bertz CT molecular complexity index is 1720. The van der Waals surface area contributed by atoms with Crippen molar-refractivity contribution >= 4 is 41.2 Å². The second-order valence-corrected chi connectivity index (χ2v) is 13.2. The van der Waals surface area contributed by atoms with Crippen molar-refractivity contribution in [1.82, 2.24) is 20.2 Å². The number of halogens is 1. The first-order valence-corrected chi connectivity index (χ1v) is 17.8. The molecular weight excluding hydrogens is 634 g/mol. The van der Waals surface area contributed by atoms with Gasteiger partial charge in [-0.25, -0.2) is 9.97 Å². The third-order valence-corrected chi connectivity index (χ3v) is 9.65. The fraction of sp³-hybridized carbons (Fsp3) is 0.225. The summed E-state index contributed by atoms with van der Waals surface area (Å²) in [6, 6.07) is 40.9. The summed E-state index contributed by atoms with van der Waals surface area (Å²) >= 11 is 7.99. The molecule has 0 saturated carbocycles. The minimum atomic E-state index is -0.0655. The second-order valence-electron chi connectivity index (χ2n) is 11.8. The molecule has 0 spiro atoms. The van der Waals surface area contributed by atoms with Crippen molar-refractivity contribution in [2.45, 2.75) is 23.2 Å². The Kier molecular flexibility index (Phi) is 11.9. The van der Waals surface area contributed by atoms with Gasteiger partial charge in [0.2, 0.25) is 0 Å². The van der Waals surface area contributed by atoms with Gasteiger partial charge in [0.05, 0.1) is 0 Å². The molecule has 1 N–H and O–H groups in total. The molecule has 1 saturated heterocycles. The van der Waals surface area contributed by atoms with Crippen LogP contribution in [-0.4, -0.2) is 60.0 Å². The molecule has 0 unspecified atom stereocenters. The standard InChI is InChI=1S/C40H40ClN5OS/c41-37-29-38(46-27-25-45(26-28-46)24-10-13-31-11-4-1-5-12-31)44-40(43-37)48-30-32-18-20-35(21-19-32)39(47)42-23-22-36(33-14-6-2-7-15-33)34-16-8-3-9-17-34/h1-21,29,36H,22-28,30H2,(H,42,47)/b13-10+. The molecule has 1 aromatic heterocycles. The van der Waals surface area contributed by atoms with Gasteiger partial charge in [0.15, 0.2) is 5.16 Å². The fourth-order valence-corrected chi connectivity index (χ4v) is 6.94. The summed E-state index contributed by atoms with van der Waals surface area (Å²) < 4.78 is 0. The van der Waals surface area contributed by atoms with Gasteiger partial charge in [-0.2, -0.15) is 0 Å². The van der Waals surface area contributed by atoms with E-state index < -0.39 is 0 Å². The van der Waals surface area contributed by atoms with Crippen LogP contribution in [0.5, 0.6) is 0 Å². The number of nitrogens with one attached hydrogen (secondary N) is 1. The molecule has 0 radical (unpaired) electrons. The van der Waals surface area contributed by atoms with E-state index in [0.717, 1.165) is 50.5 Å². The number of carbonyl (C=O) groups excluding carboxylic acids is 1. The first-order chi connectivity index (χ1) is 23.6. The lowest BCUT2D eigenvalue weighted by molar-refractivity contribution is 0.0952. The van der Waals surface area contributed by atoms with Crippen LogP contribution < -0.4 is 10.2 Å². The van der Waals surface area contributed by atoms with Crippen LogP contribution in [0.2, 0.25) is 5.15 Å². The van der Waals surface area contributed by atoms with E-state index in [4.69, 9.17) is 16.6 Å². The molecule has 0 bridgehead atoms. The van der Waals surface area contributed by atoms with E-state index in [-0.39, 0.29) is 11.8 Å². The van der Waals surface area contributed by atoms with Crippen LogP contribution in [0.15, 0.2) is 133 Å². The van der Waals surface area contributed by atoms with E-state index in [1.54, 1.807) is 11.8 Å². The van der Waals surface area contributed by atoms with Crippen molar-refractivity contribution in [3.8, 4) is 0 Å². The van der Waals surface area contributed by atoms with Crippen LogP contribution in [-0.2, 0) is 5.75 Å². The average molecular weight is 674 g/mol. The first kappa shape index (κ1) is 33.5. The Balaban J connectivity index is 0.971. The maximum atomic E-state index is 13.0. The zero-order valence-corrected chi connectivity index (χ0v) is 28.5. The van der Waals surface area contributed by atoms with Crippen molar-refractivity contribution in [1.29, 1.82) is 0 Å². The summed E-state index contributed by atoms with van der Waals surface area (Å²) in [5.74, 6) is 1.70. The Morgan fingerprint density at radius 3 is 2.08 bits per heavy atom. The van der Waals surface area contributed by atoms with Crippen LogP contribution in [0, 0.1) is 0 Å². The molecule has 1 aliphatic heterocycles. The summed E-state index contributed by atoms with van der Waals surface area (Å²) in [7, 11) is 0. The van der Waals surface area contributed by atoms with E-state index in [2.05, 4.69) is 105 Å². The Labute approximate surface area is 292 Å². The van der Waals surface area contributed by atoms with E-state index >= 15 is 0 Å². The third kappa shape index (κ3) is 9.57. The molecule has 0 atom stereocenters. The van der Waals surface area contributed by atoms with E-state index in [1.165, 1.54) is 16.7 Å². The van der Waals surface area contributed by atoms with Crippen LogP contribution >= 0.6 is 23.4 Å². The van der Waals surface area contributed by atoms with Gasteiger partial charge in [0.1, 0.15) is 11.0 Å². The highest BCUT2D eigenvalue weighted by Gasteiger charge is 2.19. The van der Waals surface area contributed by atoms with Crippen molar-refractivity contribution in [3.63, 3.8) is 0 Å². The molecule has 6 rings (SSSR count). The lowest BCUT2D eigenvalue weighted by atomic mass is 9.88. The van der Waals surface area contributed by atoms with Crippen molar-refractivity contribution in [2.75, 3.05) is 44.2 Å². The highest BCUT2D eigenvalue weighted by molar-refractivity contribution is 7.98. The maximum absolute atomic E-state index is 13.0. The largest absolute Gasteiger partial charge is 0.354 e. The third-order valence-electron chi connectivity index (χ3n) is 8.54. The number of hydrogen-bond donors (Lipinski definition) is 1. The van der Waals surface area contributed by atoms with Gasteiger partial charge in [-0.3, -0.25) is 9.69 Å². The molecule has 5 aromatic rings. The second kappa shape index (κ2) is 17.1. The van der Waals surface area contributed by atoms with E-state index in [1.807, 2.05) is 48.5 Å². The predicted octanol–water partition coefficient (Wildman–Crippen LogP) is 8.21. The number of benzene rings is 4. The van der Waals surface area contributed by atoms with Crippen molar-refractivity contribution < 1.29 is 4.79 Å². The number of amides is 1. The van der Waals surface area contributed by atoms with Gasteiger partial charge in [-0.1, -0.05) is 139 Å². The SMILES string of the molecule is O=C(NCCC(c1ccccc1)c1ccccc1)c1ccc(CSc2nc(Cl)cc(N3CCN(C/C=C/c4ccccc4)CC3)n2)cc1. The monoisotopic (exact) mass is 673 g/mol. The van der Waals surface area contributed by atoms with Gasteiger partial charge < -0.3 is 10.2 Å². The van der Waals surface area contributed by atoms with Gasteiger partial charge >= 0.3 is 0 Å². The molecule has 6 nitrogen and oxygen atoms in total. The smallest absolute Gasteiger partial charge is 0.251 e. The molecule has 1 fully saturated rings. The van der Waals surface area contributed by atoms with E-state index in [0.29, 0.717) is 28.2 Å². The summed E-state index contributed by atoms with van der Waals surface area (Å²) in [6.45, 7) is 5.21. The predicted molar refractivity (Wildman–Crippen MR) is 199 cm³/mol. The molecule has 4 aromatic carbocycles. The summed E-state index contributed by atoms with van der Waals surface area (Å²) in [5, 5.41) is 4.22. The molecule has 8 heteroatoms. The van der Waals surface area contributed by atoms with Gasteiger partial charge in [0.25, 0.3) is 5.91 Å². The number of hydrogen-bond acceptors (Lipinski definition) is 6. The average Bonchev–Trinajstić information content (AvgIpc) is 3.14. The van der Waals surface area contributed by atoms with Crippen molar-refractivity contribution in [2.24, 2.45) is 0 Å². The number of carbonyl (C=O) groups is 1. The summed E-state index contributed by atoms with van der Waals surface area (Å²) in [5.41, 5.74) is 5.46. The molecule has 2 heterocycles. The fourth-order valence-electron chi connectivity index (χ4n) is 5.90. The summed E-state index contributed by atoms with van der Waals surface area (Å²) in [6.07, 6.45) is 5.23. The van der Waals surface area contributed by atoms with Crippen LogP contribution in [0.3, 0.4) is 0 Å². The number of thioether (sulfide) groups is 1. The first-order valence-electron chi connectivity index (χ1n) is 16.4. The number of piperazine rings is 1. The number of aromatic nitrogens is 2. The Hall–Kier alpha value is -4.43. The Morgan fingerprint density at radius 1 is 0.812 bits per heavy atom. The van der Waals surface area contributed by atoms with Gasteiger partial charge in [-0.15, -0.1) is 0 Å². The minimum Gasteiger partial charge on any atom is -0.354 e. The minimum absolute atomic E-state index is 0.0655. The number of rotatable bonds is 13. The topological polar surface area (TPSA) is 61.4 Å². The molecular formula is C40H40ClN5OS. The lowest BCUT2D eigenvalue weighted by Crippen LogP contribution is -2.46. The zero-order valence-electron chi connectivity index (χ0n) is 26.9. The van der Waals surface area contributed by atoms with Crippen LogP contribution in [0.4, 0.5) is 5.82 Å². The molecule has 1 amide bonds. The summed E-state index contributed by atoms with van der Waals surface area (Å²) in [4.78, 5) is 27.0. The van der Waals surface area contributed by atoms with Crippen LogP contribution in [0.25, 0.3) is 6.08 Å². The highest BCUT2D eigenvalue weighted by Crippen LogP contribution is 2.28.